The molecule has 104 valence electrons. The molecule has 1 aliphatic heterocycles. The van der Waals surface area contributed by atoms with Crippen molar-refractivity contribution in [2.45, 2.75) is 44.2 Å². The van der Waals surface area contributed by atoms with Gasteiger partial charge in [0.1, 0.15) is 6.04 Å². The topological polar surface area (TPSA) is 95.5 Å². The molecule has 1 heterocycles. The molecule has 19 heavy (non-hydrogen) atoms. The van der Waals surface area contributed by atoms with Crippen molar-refractivity contribution in [2.24, 2.45) is 17.8 Å². The minimum atomic E-state index is -0.812. The zero-order valence-electron chi connectivity index (χ0n) is 10.6. The van der Waals surface area contributed by atoms with E-state index in [1.807, 2.05) is 0 Å². The van der Waals surface area contributed by atoms with E-state index >= 15 is 0 Å². The summed E-state index contributed by atoms with van der Waals surface area (Å²) in [5.41, 5.74) is 0. The fraction of sp³-hybridized carbons (Fsp3) is 0.769. The predicted octanol–water partition coefficient (Wildman–Crippen LogP) is -0.119. The third-order valence-electron chi connectivity index (χ3n) is 4.82. The Hall–Kier alpha value is -1.59. The van der Waals surface area contributed by atoms with Crippen molar-refractivity contribution in [3.63, 3.8) is 0 Å². The predicted molar refractivity (Wildman–Crippen MR) is 65.1 cm³/mol. The van der Waals surface area contributed by atoms with Crippen LogP contribution in [0.3, 0.4) is 0 Å². The first-order valence-electron chi connectivity index (χ1n) is 6.89. The third-order valence-corrected chi connectivity index (χ3v) is 4.82. The van der Waals surface area contributed by atoms with Gasteiger partial charge in [-0.05, 0) is 37.5 Å². The van der Waals surface area contributed by atoms with Gasteiger partial charge in [0.05, 0.1) is 5.92 Å². The van der Waals surface area contributed by atoms with Gasteiger partial charge in [0.15, 0.2) is 0 Å². The Morgan fingerprint density at radius 2 is 1.95 bits per heavy atom. The first kappa shape index (κ1) is 12.4. The number of carbonyl (C=O) groups is 3. The zero-order chi connectivity index (χ0) is 13.6. The number of rotatable bonds is 3. The summed E-state index contributed by atoms with van der Waals surface area (Å²) in [5.74, 6) is -1.12. The van der Waals surface area contributed by atoms with Crippen molar-refractivity contribution in [3.8, 4) is 0 Å². The quantitative estimate of drug-likeness (QED) is 0.663. The maximum Gasteiger partial charge on any atom is 0.308 e. The summed E-state index contributed by atoms with van der Waals surface area (Å²) in [4.78, 5) is 34.5. The van der Waals surface area contributed by atoms with E-state index in [1.165, 1.54) is 0 Å². The first-order chi connectivity index (χ1) is 9.06. The van der Waals surface area contributed by atoms with Crippen LogP contribution in [0.15, 0.2) is 0 Å². The van der Waals surface area contributed by atoms with Crippen LogP contribution in [0.2, 0.25) is 0 Å². The average molecular weight is 266 g/mol. The van der Waals surface area contributed by atoms with Crippen LogP contribution < -0.4 is 10.6 Å². The van der Waals surface area contributed by atoms with Crippen molar-refractivity contribution in [1.82, 2.24) is 10.6 Å². The van der Waals surface area contributed by atoms with Crippen LogP contribution in [0.25, 0.3) is 0 Å². The van der Waals surface area contributed by atoms with E-state index in [0.717, 1.165) is 19.3 Å². The third kappa shape index (κ3) is 2.09. The van der Waals surface area contributed by atoms with Gasteiger partial charge in [0, 0.05) is 12.5 Å². The lowest BCUT2D eigenvalue weighted by Crippen LogP contribution is -2.51. The molecule has 3 fully saturated rings. The molecule has 0 aromatic carbocycles. The van der Waals surface area contributed by atoms with E-state index in [1.54, 1.807) is 0 Å². The van der Waals surface area contributed by atoms with Crippen molar-refractivity contribution in [1.29, 1.82) is 0 Å². The number of nitrogens with one attached hydrogen (secondary N) is 2. The summed E-state index contributed by atoms with van der Waals surface area (Å²) < 4.78 is 0. The van der Waals surface area contributed by atoms with Crippen molar-refractivity contribution >= 4 is 17.8 Å². The minimum absolute atomic E-state index is 0.108. The molecule has 2 saturated carbocycles. The molecule has 6 heteroatoms. The number of aliphatic carboxylic acids is 1. The molecule has 0 spiro atoms. The standard InChI is InChI=1S/C13H18N2O4/c16-9-4-3-8(14-9)12(17)15-11-7-2-1-6(5-7)10(11)13(18)19/h6-8,10-11H,1-5H2,(H,14,16)(H,15,17)(H,18,19). The van der Waals surface area contributed by atoms with Crippen molar-refractivity contribution in [3.05, 3.63) is 0 Å². The van der Waals surface area contributed by atoms with Gasteiger partial charge < -0.3 is 15.7 Å². The summed E-state index contributed by atoms with van der Waals surface area (Å²) >= 11 is 0. The number of carboxylic acids is 1. The Kier molecular flexibility index (Phi) is 2.95. The highest BCUT2D eigenvalue weighted by Gasteiger charge is 2.52. The SMILES string of the molecule is O=C1CCC(C(=O)NC2C3CCC(C3)C2C(=O)O)N1. The molecule has 5 unspecified atom stereocenters. The van der Waals surface area contributed by atoms with Crippen LogP contribution in [-0.2, 0) is 14.4 Å². The van der Waals surface area contributed by atoms with E-state index < -0.39 is 17.9 Å². The molecule has 0 aromatic rings. The summed E-state index contributed by atoms with van der Waals surface area (Å²) in [6.07, 6.45) is 3.73. The van der Waals surface area contributed by atoms with Crippen LogP contribution >= 0.6 is 0 Å². The number of amides is 2. The number of carboxylic acid groups (broad SMARTS) is 1. The molecule has 1 saturated heterocycles. The molecule has 5 atom stereocenters. The van der Waals surface area contributed by atoms with Crippen LogP contribution in [0, 0.1) is 17.8 Å². The van der Waals surface area contributed by atoms with E-state index in [0.29, 0.717) is 12.8 Å². The van der Waals surface area contributed by atoms with Gasteiger partial charge >= 0.3 is 5.97 Å². The molecule has 2 amide bonds. The Morgan fingerprint density at radius 3 is 2.58 bits per heavy atom. The van der Waals surface area contributed by atoms with E-state index in [4.69, 9.17) is 0 Å². The van der Waals surface area contributed by atoms with Crippen molar-refractivity contribution in [2.75, 3.05) is 0 Å². The van der Waals surface area contributed by atoms with Gasteiger partial charge in [0.25, 0.3) is 0 Å². The molecule has 0 radical (unpaired) electrons. The lowest BCUT2D eigenvalue weighted by atomic mass is 9.84. The van der Waals surface area contributed by atoms with Gasteiger partial charge in [-0.1, -0.05) is 0 Å². The fourth-order valence-corrected chi connectivity index (χ4v) is 3.93. The summed E-state index contributed by atoms with van der Waals surface area (Å²) in [5, 5.41) is 14.8. The summed E-state index contributed by atoms with van der Waals surface area (Å²) in [6.45, 7) is 0. The average Bonchev–Trinajstić information content (AvgIpc) is 3.03. The summed E-state index contributed by atoms with van der Waals surface area (Å²) in [7, 11) is 0. The molecule has 0 aromatic heterocycles. The normalized spacial score (nSPS) is 40.2. The van der Waals surface area contributed by atoms with Gasteiger partial charge in [-0.3, -0.25) is 14.4 Å². The number of hydrogen-bond donors (Lipinski definition) is 3. The largest absolute Gasteiger partial charge is 0.481 e. The Labute approximate surface area is 110 Å². The number of hydrogen-bond acceptors (Lipinski definition) is 3. The molecule has 6 nitrogen and oxygen atoms in total. The van der Waals surface area contributed by atoms with Gasteiger partial charge in [-0.2, -0.15) is 0 Å². The monoisotopic (exact) mass is 266 g/mol. The lowest BCUT2D eigenvalue weighted by molar-refractivity contribution is -0.145. The highest BCUT2D eigenvalue weighted by molar-refractivity contribution is 5.91. The number of carbonyl (C=O) groups excluding carboxylic acids is 2. The Balaban J connectivity index is 1.67. The maximum atomic E-state index is 12.1. The number of fused-ring (bicyclic) bond motifs is 2. The van der Waals surface area contributed by atoms with Crippen LogP contribution in [0.1, 0.15) is 32.1 Å². The molecule has 3 N–H and O–H groups in total. The maximum absolute atomic E-state index is 12.1. The van der Waals surface area contributed by atoms with E-state index in [-0.39, 0.29) is 29.7 Å². The van der Waals surface area contributed by atoms with Gasteiger partial charge in [0.2, 0.25) is 11.8 Å². The Bertz CT molecular complexity index is 436. The lowest BCUT2D eigenvalue weighted by Gasteiger charge is -2.29. The second-order valence-corrected chi connectivity index (χ2v) is 5.89. The highest BCUT2D eigenvalue weighted by Crippen LogP contribution is 2.48. The van der Waals surface area contributed by atoms with Gasteiger partial charge in [-0.25, -0.2) is 0 Å². The molecular weight excluding hydrogens is 248 g/mol. The second kappa shape index (κ2) is 4.51. The highest BCUT2D eigenvalue weighted by atomic mass is 16.4. The second-order valence-electron chi connectivity index (χ2n) is 5.89. The molecule has 3 aliphatic rings. The fourth-order valence-electron chi connectivity index (χ4n) is 3.93. The van der Waals surface area contributed by atoms with Crippen LogP contribution in [0.4, 0.5) is 0 Å². The smallest absolute Gasteiger partial charge is 0.308 e. The first-order valence-corrected chi connectivity index (χ1v) is 6.89. The van der Waals surface area contributed by atoms with E-state index in [9.17, 15) is 19.5 Å². The summed E-state index contributed by atoms with van der Waals surface area (Å²) in [6, 6.07) is -0.748. The van der Waals surface area contributed by atoms with Crippen LogP contribution in [-0.4, -0.2) is 35.0 Å². The Morgan fingerprint density at radius 1 is 1.21 bits per heavy atom. The van der Waals surface area contributed by atoms with E-state index in [2.05, 4.69) is 10.6 Å². The van der Waals surface area contributed by atoms with Crippen LogP contribution in [0.5, 0.6) is 0 Å². The minimum Gasteiger partial charge on any atom is -0.481 e. The molecule has 3 rings (SSSR count). The molecule has 2 bridgehead atoms. The zero-order valence-corrected chi connectivity index (χ0v) is 10.6. The van der Waals surface area contributed by atoms with Crippen molar-refractivity contribution < 1.29 is 19.5 Å². The van der Waals surface area contributed by atoms with Gasteiger partial charge in [-0.15, -0.1) is 0 Å². The molecule has 2 aliphatic carbocycles. The molecular formula is C13H18N2O4.